The Morgan fingerprint density at radius 3 is 2.55 bits per heavy atom. The topological polar surface area (TPSA) is 90.1 Å². The van der Waals surface area contributed by atoms with Crippen molar-refractivity contribution in [3.05, 3.63) is 113 Å². The van der Waals surface area contributed by atoms with Gasteiger partial charge in [-0.25, -0.2) is 9.79 Å². The number of rotatable bonds is 7. The molecule has 5 rings (SSSR count). The van der Waals surface area contributed by atoms with E-state index in [2.05, 4.69) is 15.9 Å². The van der Waals surface area contributed by atoms with E-state index >= 15 is 0 Å². The number of thiazole rings is 1. The van der Waals surface area contributed by atoms with Gasteiger partial charge in [0.2, 0.25) is 0 Å². The highest BCUT2D eigenvalue weighted by atomic mass is 79.9. The van der Waals surface area contributed by atoms with Crippen LogP contribution in [0, 0.1) is 0 Å². The second-order valence-electron chi connectivity index (χ2n) is 8.75. The van der Waals surface area contributed by atoms with Crippen LogP contribution >= 0.6 is 39.0 Å². The molecule has 0 saturated carbocycles. The molecule has 0 saturated heterocycles. The van der Waals surface area contributed by atoms with Crippen molar-refractivity contribution in [3.8, 4) is 11.5 Å². The number of methoxy groups -OCH3 is 1. The SMILES string of the molecule is CCOC(=O)C1=C(c2ccccc2)N=c2s/c(=C\c3cc(Br)cc(OC)c3O)c(=O)n2[C@H]1c1ccc(SC)cc1. The Labute approximate surface area is 247 Å². The zero-order valence-electron chi connectivity index (χ0n) is 21.9. The Bertz CT molecular complexity index is 1790. The molecular formula is C30H25BrN2O5S2. The summed E-state index contributed by atoms with van der Waals surface area (Å²) in [6.45, 7) is 1.92. The molecule has 40 heavy (non-hydrogen) atoms. The van der Waals surface area contributed by atoms with Crippen LogP contribution in [0.25, 0.3) is 11.8 Å². The van der Waals surface area contributed by atoms with E-state index in [1.54, 1.807) is 36.9 Å². The van der Waals surface area contributed by atoms with Crippen molar-refractivity contribution in [1.82, 2.24) is 4.57 Å². The number of hydrogen-bond donors (Lipinski definition) is 1. The summed E-state index contributed by atoms with van der Waals surface area (Å²) in [4.78, 5) is 33.9. The summed E-state index contributed by atoms with van der Waals surface area (Å²) in [5, 5.41) is 10.7. The standard InChI is InChI=1S/C30H25BrN2O5S2/c1-4-38-29(36)24-25(17-8-6-5-7-9-17)32-30-33(26(24)18-10-12-21(39-3)13-11-18)28(35)23(40-30)15-19-14-20(31)16-22(37-2)27(19)34/h5-16,26,34H,4H2,1-3H3/b23-15-/t26-/m0/s1. The lowest BCUT2D eigenvalue weighted by atomic mass is 9.93. The van der Waals surface area contributed by atoms with E-state index in [4.69, 9.17) is 14.5 Å². The lowest BCUT2D eigenvalue weighted by Gasteiger charge is -2.26. The highest BCUT2D eigenvalue weighted by Crippen LogP contribution is 2.36. The van der Waals surface area contributed by atoms with Crippen LogP contribution in [0.1, 0.15) is 29.7 Å². The smallest absolute Gasteiger partial charge is 0.338 e. The highest BCUT2D eigenvalue weighted by Gasteiger charge is 2.35. The highest BCUT2D eigenvalue weighted by molar-refractivity contribution is 9.10. The van der Waals surface area contributed by atoms with Crippen molar-refractivity contribution >= 4 is 56.8 Å². The number of phenols is 1. The van der Waals surface area contributed by atoms with E-state index in [1.807, 2.05) is 60.9 Å². The fourth-order valence-electron chi connectivity index (χ4n) is 4.54. The molecule has 204 valence electrons. The number of benzene rings is 3. The van der Waals surface area contributed by atoms with Gasteiger partial charge in [-0.3, -0.25) is 9.36 Å². The lowest BCUT2D eigenvalue weighted by Crippen LogP contribution is -2.40. The number of carbonyl (C=O) groups is 1. The van der Waals surface area contributed by atoms with Gasteiger partial charge in [-0.1, -0.05) is 69.7 Å². The van der Waals surface area contributed by atoms with Crippen molar-refractivity contribution < 1.29 is 19.4 Å². The second-order valence-corrected chi connectivity index (χ2v) is 11.6. The van der Waals surface area contributed by atoms with E-state index in [0.29, 0.717) is 25.1 Å². The van der Waals surface area contributed by atoms with Gasteiger partial charge >= 0.3 is 5.97 Å². The average Bonchev–Trinajstić information content (AvgIpc) is 3.28. The molecule has 4 aromatic rings. The molecule has 3 aromatic carbocycles. The molecule has 1 N–H and O–H groups in total. The van der Waals surface area contributed by atoms with E-state index in [0.717, 1.165) is 16.0 Å². The quantitative estimate of drug-likeness (QED) is 0.223. The number of nitrogens with zero attached hydrogens (tertiary/aromatic N) is 2. The third-order valence-electron chi connectivity index (χ3n) is 6.38. The second kappa shape index (κ2) is 11.9. The van der Waals surface area contributed by atoms with E-state index < -0.39 is 12.0 Å². The van der Waals surface area contributed by atoms with Crippen molar-refractivity contribution in [1.29, 1.82) is 0 Å². The number of esters is 1. The minimum atomic E-state index is -0.769. The van der Waals surface area contributed by atoms with Gasteiger partial charge in [-0.15, -0.1) is 11.8 Å². The summed E-state index contributed by atoms with van der Waals surface area (Å²) >= 11 is 6.22. The van der Waals surface area contributed by atoms with Crippen LogP contribution in [0.3, 0.4) is 0 Å². The molecule has 0 unspecified atom stereocenters. The number of aromatic nitrogens is 1. The first-order chi connectivity index (χ1) is 19.4. The summed E-state index contributed by atoms with van der Waals surface area (Å²) in [6, 6.07) is 19.8. The lowest BCUT2D eigenvalue weighted by molar-refractivity contribution is -0.138. The van der Waals surface area contributed by atoms with Gasteiger partial charge in [0.15, 0.2) is 16.3 Å². The van der Waals surface area contributed by atoms with Gasteiger partial charge in [-0.05, 0) is 49.1 Å². The van der Waals surface area contributed by atoms with Gasteiger partial charge < -0.3 is 14.6 Å². The Balaban J connectivity index is 1.83. The third kappa shape index (κ3) is 5.26. The van der Waals surface area contributed by atoms with Crippen molar-refractivity contribution in [3.63, 3.8) is 0 Å². The number of thioether (sulfide) groups is 1. The average molecular weight is 638 g/mol. The van der Waals surface area contributed by atoms with Crippen molar-refractivity contribution in [2.24, 2.45) is 4.99 Å². The van der Waals surface area contributed by atoms with Gasteiger partial charge in [0, 0.05) is 20.5 Å². The maximum Gasteiger partial charge on any atom is 0.338 e. The molecule has 0 spiro atoms. The molecule has 1 aliphatic rings. The van der Waals surface area contributed by atoms with Crippen molar-refractivity contribution in [2.75, 3.05) is 20.0 Å². The minimum Gasteiger partial charge on any atom is -0.504 e. The molecular weight excluding hydrogens is 612 g/mol. The maximum absolute atomic E-state index is 14.0. The van der Waals surface area contributed by atoms with Gasteiger partial charge in [0.25, 0.3) is 5.56 Å². The fraction of sp³-hybridized carbons (Fsp3) is 0.167. The molecule has 2 heterocycles. The van der Waals surface area contributed by atoms with E-state index in [1.165, 1.54) is 23.0 Å². The Morgan fingerprint density at radius 2 is 1.90 bits per heavy atom. The summed E-state index contributed by atoms with van der Waals surface area (Å²) in [7, 11) is 1.46. The van der Waals surface area contributed by atoms with Crippen LogP contribution in [0.4, 0.5) is 0 Å². The maximum atomic E-state index is 14.0. The summed E-state index contributed by atoms with van der Waals surface area (Å²) in [5.41, 5.74) is 2.31. The molecule has 1 atom stereocenters. The molecule has 0 fully saturated rings. The van der Waals surface area contributed by atoms with Crippen LogP contribution in [-0.4, -0.2) is 35.6 Å². The first-order valence-electron chi connectivity index (χ1n) is 12.3. The zero-order valence-corrected chi connectivity index (χ0v) is 25.1. The molecule has 1 aliphatic heterocycles. The fourth-order valence-corrected chi connectivity index (χ4v) is 6.40. The predicted molar refractivity (Wildman–Crippen MR) is 162 cm³/mol. The summed E-state index contributed by atoms with van der Waals surface area (Å²) in [5.74, 6) is -0.346. The number of phenolic OH excluding ortho intramolecular Hbond substituents is 1. The first-order valence-corrected chi connectivity index (χ1v) is 15.2. The number of hydrogen-bond acceptors (Lipinski definition) is 8. The molecule has 10 heteroatoms. The van der Waals surface area contributed by atoms with E-state index in [-0.39, 0.29) is 29.2 Å². The number of halogens is 1. The molecule has 7 nitrogen and oxygen atoms in total. The zero-order chi connectivity index (χ0) is 28.4. The number of aromatic hydroxyl groups is 1. The van der Waals surface area contributed by atoms with Crippen LogP contribution in [-0.2, 0) is 9.53 Å². The summed E-state index contributed by atoms with van der Waals surface area (Å²) in [6.07, 6.45) is 3.60. The minimum absolute atomic E-state index is 0.0853. The van der Waals surface area contributed by atoms with Gasteiger partial charge in [-0.2, -0.15) is 0 Å². The van der Waals surface area contributed by atoms with Gasteiger partial charge in [0.1, 0.15) is 0 Å². The van der Waals surface area contributed by atoms with E-state index in [9.17, 15) is 14.7 Å². The largest absolute Gasteiger partial charge is 0.504 e. The molecule has 0 bridgehead atoms. The molecule has 0 amide bonds. The Kier molecular flexibility index (Phi) is 8.30. The normalized spacial score (nSPS) is 15.0. The first kappa shape index (κ1) is 27.9. The van der Waals surface area contributed by atoms with Crippen molar-refractivity contribution in [2.45, 2.75) is 17.9 Å². The number of fused-ring (bicyclic) bond motifs is 1. The molecule has 0 radical (unpaired) electrons. The van der Waals surface area contributed by atoms with Crippen LogP contribution in [0.2, 0.25) is 0 Å². The van der Waals surface area contributed by atoms with Crippen LogP contribution in [0.5, 0.6) is 11.5 Å². The monoisotopic (exact) mass is 636 g/mol. The number of carbonyl (C=O) groups excluding carboxylic acids is 1. The predicted octanol–water partition coefficient (Wildman–Crippen LogP) is 5.13. The molecule has 0 aliphatic carbocycles. The molecule has 1 aromatic heterocycles. The number of ether oxygens (including phenoxy) is 2. The van der Waals surface area contributed by atoms with Crippen LogP contribution in [0.15, 0.2) is 91.5 Å². The Hall–Kier alpha value is -3.60. The van der Waals surface area contributed by atoms with Crippen LogP contribution < -0.4 is 19.6 Å². The Morgan fingerprint density at radius 1 is 1.18 bits per heavy atom. The summed E-state index contributed by atoms with van der Waals surface area (Å²) < 4.78 is 13.4. The van der Waals surface area contributed by atoms with Gasteiger partial charge in [0.05, 0.1) is 35.6 Å². The third-order valence-corrected chi connectivity index (χ3v) is 8.57.